The van der Waals surface area contributed by atoms with E-state index in [0.29, 0.717) is 13.3 Å². The van der Waals surface area contributed by atoms with Gasteiger partial charge >= 0.3 is 0 Å². The summed E-state index contributed by atoms with van der Waals surface area (Å²) in [6.45, 7) is 7.92. The number of piperazine rings is 1. The molecule has 0 radical (unpaired) electrons. The van der Waals surface area contributed by atoms with Crippen LogP contribution in [-0.4, -0.2) is 50.4 Å². The van der Waals surface area contributed by atoms with Gasteiger partial charge in [-0.1, -0.05) is 18.2 Å². The Morgan fingerprint density at radius 2 is 1.80 bits per heavy atom. The van der Waals surface area contributed by atoms with Crippen LogP contribution in [0.5, 0.6) is 11.5 Å². The Morgan fingerprint density at radius 1 is 1.03 bits per heavy atom. The number of amides is 1. The number of carbonyl (C=O) groups is 1. The van der Waals surface area contributed by atoms with Gasteiger partial charge in [-0.05, 0) is 31.2 Å². The SMILES string of the molecule is Cc1[nH]c2ccccc2c1NC(=O)C[NH+]1CC[NH+](Cc2ccc3c(c2)OCO3)CC1. The van der Waals surface area contributed by atoms with Gasteiger partial charge in [0.15, 0.2) is 18.0 Å². The van der Waals surface area contributed by atoms with Crippen LogP contribution < -0.4 is 24.6 Å². The second-order valence-electron chi connectivity index (χ2n) is 8.26. The highest BCUT2D eigenvalue weighted by molar-refractivity contribution is 6.03. The Bertz CT molecular complexity index is 1070. The number of nitrogens with one attached hydrogen (secondary N) is 4. The first-order chi connectivity index (χ1) is 14.7. The van der Waals surface area contributed by atoms with Gasteiger partial charge in [0.05, 0.1) is 5.69 Å². The molecule has 0 atom stereocenters. The van der Waals surface area contributed by atoms with Gasteiger partial charge in [-0.15, -0.1) is 0 Å². The number of hydrogen-bond acceptors (Lipinski definition) is 3. The molecule has 1 aromatic heterocycles. The number of aromatic nitrogens is 1. The summed E-state index contributed by atoms with van der Waals surface area (Å²) in [5.41, 5.74) is 4.23. The topological polar surface area (TPSA) is 72.2 Å². The molecule has 1 saturated heterocycles. The minimum atomic E-state index is 0.0806. The van der Waals surface area contributed by atoms with Crippen molar-refractivity contribution in [1.29, 1.82) is 0 Å². The van der Waals surface area contributed by atoms with Gasteiger partial charge in [-0.3, -0.25) is 4.79 Å². The molecule has 4 N–H and O–H groups in total. The van der Waals surface area contributed by atoms with E-state index in [-0.39, 0.29) is 5.91 Å². The molecule has 2 aliphatic heterocycles. The molecule has 5 rings (SSSR count). The average Bonchev–Trinajstić information content (AvgIpc) is 3.33. The molecule has 0 spiro atoms. The molecule has 1 amide bonds. The van der Waals surface area contributed by atoms with Crippen LogP contribution in [0.25, 0.3) is 10.9 Å². The van der Waals surface area contributed by atoms with Crippen molar-refractivity contribution in [3.63, 3.8) is 0 Å². The fraction of sp³-hybridized carbons (Fsp3) is 0.348. The summed E-state index contributed by atoms with van der Waals surface area (Å²) in [5, 5.41) is 4.20. The molecule has 156 valence electrons. The van der Waals surface area contributed by atoms with Gasteiger partial charge in [-0.2, -0.15) is 0 Å². The van der Waals surface area contributed by atoms with Gasteiger partial charge in [0.2, 0.25) is 6.79 Å². The summed E-state index contributed by atoms with van der Waals surface area (Å²) in [7, 11) is 0. The molecule has 3 aromatic rings. The van der Waals surface area contributed by atoms with Crippen molar-refractivity contribution in [3.05, 3.63) is 53.7 Å². The van der Waals surface area contributed by atoms with Crippen LogP contribution in [0, 0.1) is 6.92 Å². The third-order valence-corrected chi connectivity index (χ3v) is 6.12. The van der Waals surface area contributed by atoms with Crippen molar-refractivity contribution in [2.75, 3.05) is 44.8 Å². The van der Waals surface area contributed by atoms with Crippen LogP contribution in [0.1, 0.15) is 11.3 Å². The number of quaternary nitrogens is 2. The monoisotopic (exact) mass is 408 g/mol. The lowest BCUT2D eigenvalue weighted by Crippen LogP contribution is -3.28. The number of fused-ring (bicyclic) bond motifs is 2. The minimum absolute atomic E-state index is 0.0806. The molecule has 3 heterocycles. The number of aromatic amines is 1. The third kappa shape index (κ3) is 3.86. The van der Waals surface area contributed by atoms with E-state index in [4.69, 9.17) is 9.47 Å². The predicted octanol–water partition coefficient (Wildman–Crippen LogP) is 0.127. The van der Waals surface area contributed by atoms with Crippen molar-refractivity contribution < 1.29 is 24.1 Å². The summed E-state index contributed by atoms with van der Waals surface area (Å²) in [5.74, 6) is 1.76. The first-order valence-electron chi connectivity index (χ1n) is 10.6. The maximum atomic E-state index is 12.7. The number of benzene rings is 2. The smallest absolute Gasteiger partial charge is 0.279 e. The van der Waals surface area contributed by atoms with E-state index in [2.05, 4.69) is 22.4 Å². The Hall–Kier alpha value is -3.03. The first-order valence-corrected chi connectivity index (χ1v) is 10.6. The number of ether oxygens (including phenoxy) is 2. The van der Waals surface area contributed by atoms with E-state index in [9.17, 15) is 4.79 Å². The largest absolute Gasteiger partial charge is 0.454 e. The molecule has 0 bridgehead atoms. The fourth-order valence-electron chi connectivity index (χ4n) is 4.50. The predicted molar refractivity (Wildman–Crippen MR) is 114 cm³/mol. The van der Waals surface area contributed by atoms with Crippen molar-refractivity contribution in [3.8, 4) is 11.5 Å². The zero-order valence-electron chi connectivity index (χ0n) is 17.2. The molecular weight excluding hydrogens is 380 g/mol. The lowest BCUT2D eigenvalue weighted by atomic mass is 10.1. The van der Waals surface area contributed by atoms with Crippen molar-refractivity contribution >= 4 is 22.5 Å². The van der Waals surface area contributed by atoms with Gasteiger partial charge < -0.3 is 29.6 Å². The van der Waals surface area contributed by atoms with Crippen LogP contribution in [0.15, 0.2) is 42.5 Å². The van der Waals surface area contributed by atoms with E-state index in [0.717, 1.165) is 66.5 Å². The molecule has 0 saturated carbocycles. The molecular formula is C23H28N4O3+2. The number of aryl methyl sites for hydroxylation is 1. The molecule has 1 fully saturated rings. The lowest BCUT2D eigenvalue weighted by Gasteiger charge is -2.29. The fourth-order valence-corrected chi connectivity index (χ4v) is 4.50. The highest BCUT2D eigenvalue weighted by Gasteiger charge is 2.26. The standard InChI is InChI=1S/C23H26N4O3/c1-16-23(18-4-2-3-5-19(18)24-16)25-22(28)14-27-10-8-26(9-11-27)13-17-6-7-20-21(12-17)30-15-29-20/h2-7,12,24H,8-11,13-15H2,1H3,(H,25,28)/p+2. The summed E-state index contributed by atoms with van der Waals surface area (Å²) in [6.07, 6.45) is 0. The van der Waals surface area contributed by atoms with E-state index in [1.54, 1.807) is 4.90 Å². The van der Waals surface area contributed by atoms with Crippen LogP contribution in [0.3, 0.4) is 0 Å². The third-order valence-electron chi connectivity index (χ3n) is 6.12. The van der Waals surface area contributed by atoms with Crippen LogP contribution in [0.2, 0.25) is 0 Å². The second-order valence-corrected chi connectivity index (χ2v) is 8.26. The summed E-state index contributed by atoms with van der Waals surface area (Å²) >= 11 is 0. The average molecular weight is 409 g/mol. The van der Waals surface area contributed by atoms with Gasteiger partial charge in [-0.25, -0.2) is 0 Å². The van der Waals surface area contributed by atoms with Crippen LogP contribution >= 0.6 is 0 Å². The maximum absolute atomic E-state index is 12.7. The van der Waals surface area contributed by atoms with E-state index in [1.807, 2.05) is 37.3 Å². The Labute approximate surface area is 175 Å². The maximum Gasteiger partial charge on any atom is 0.279 e. The molecule has 2 aliphatic rings. The lowest BCUT2D eigenvalue weighted by molar-refractivity contribution is -1.02. The van der Waals surface area contributed by atoms with Crippen LogP contribution in [0.4, 0.5) is 5.69 Å². The number of carbonyl (C=O) groups excluding carboxylic acids is 1. The Kier molecular flexibility index (Phi) is 5.06. The highest BCUT2D eigenvalue weighted by Crippen LogP contribution is 2.32. The van der Waals surface area contributed by atoms with Crippen LogP contribution in [-0.2, 0) is 11.3 Å². The summed E-state index contributed by atoms with van der Waals surface area (Å²) in [4.78, 5) is 18.9. The number of para-hydroxylation sites is 1. The van der Waals surface area contributed by atoms with Gasteiger partial charge in [0.1, 0.15) is 32.7 Å². The Morgan fingerprint density at radius 3 is 2.67 bits per heavy atom. The number of anilines is 1. The summed E-state index contributed by atoms with van der Waals surface area (Å²) < 4.78 is 10.9. The van der Waals surface area contributed by atoms with Crippen molar-refractivity contribution in [2.24, 2.45) is 0 Å². The molecule has 7 heteroatoms. The van der Waals surface area contributed by atoms with E-state index in [1.165, 1.54) is 10.5 Å². The van der Waals surface area contributed by atoms with Gasteiger partial charge in [0.25, 0.3) is 5.91 Å². The van der Waals surface area contributed by atoms with Crippen molar-refractivity contribution in [1.82, 2.24) is 4.98 Å². The molecule has 0 unspecified atom stereocenters. The number of rotatable bonds is 5. The zero-order chi connectivity index (χ0) is 20.5. The highest BCUT2D eigenvalue weighted by atomic mass is 16.7. The number of hydrogen-bond donors (Lipinski definition) is 4. The quantitative estimate of drug-likeness (QED) is 0.485. The molecule has 7 nitrogen and oxygen atoms in total. The minimum Gasteiger partial charge on any atom is -0.454 e. The van der Waals surface area contributed by atoms with Gasteiger partial charge in [0, 0.05) is 22.2 Å². The zero-order valence-corrected chi connectivity index (χ0v) is 17.2. The summed E-state index contributed by atoms with van der Waals surface area (Å²) in [6, 6.07) is 14.3. The normalized spacial score (nSPS) is 20.4. The molecule has 0 aliphatic carbocycles. The second kappa shape index (κ2) is 8.01. The number of H-pyrrole nitrogens is 1. The van der Waals surface area contributed by atoms with Crippen molar-refractivity contribution in [2.45, 2.75) is 13.5 Å². The molecule has 30 heavy (non-hydrogen) atoms. The first kappa shape index (κ1) is 19.0. The molecule has 2 aromatic carbocycles. The Balaban J connectivity index is 1.13. The van der Waals surface area contributed by atoms with E-state index >= 15 is 0 Å². The van der Waals surface area contributed by atoms with E-state index < -0.39 is 0 Å².